The van der Waals surface area contributed by atoms with Crippen molar-refractivity contribution in [3.8, 4) is 17.1 Å². The number of hydrogen-bond acceptors (Lipinski definition) is 5. The Morgan fingerprint density at radius 1 is 1.14 bits per heavy atom. The molecule has 12 heteroatoms. The van der Waals surface area contributed by atoms with Crippen LogP contribution in [0.5, 0.6) is 5.75 Å². The fourth-order valence-corrected chi connectivity index (χ4v) is 2.79. The van der Waals surface area contributed by atoms with Crippen molar-refractivity contribution in [1.82, 2.24) is 15.5 Å². The highest BCUT2D eigenvalue weighted by molar-refractivity contribution is 6.37. The lowest BCUT2D eigenvalue weighted by molar-refractivity contribution is -0.137. The number of phenols is 1. The predicted octanol–water partition coefficient (Wildman–Crippen LogP) is 4.84. The Hall–Kier alpha value is -2.85. The molecule has 2 N–H and O–H groups in total. The molecule has 0 spiro atoms. The zero-order valence-corrected chi connectivity index (χ0v) is 15.5. The number of rotatable bonds is 4. The Kier molecular flexibility index (Phi) is 5.67. The average Bonchev–Trinajstić information content (AvgIpc) is 3.13. The minimum absolute atomic E-state index is 0.0657. The Bertz CT molecular complexity index is 1060. The van der Waals surface area contributed by atoms with E-state index < -0.39 is 35.9 Å². The molecule has 1 amide bonds. The van der Waals surface area contributed by atoms with Crippen LogP contribution in [0.3, 0.4) is 0 Å². The first kappa shape index (κ1) is 20.9. The van der Waals surface area contributed by atoms with Crippen LogP contribution in [0.25, 0.3) is 11.4 Å². The number of aromatic hydroxyl groups is 1. The van der Waals surface area contributed by atoms with Gasteiger partial charge in [-0.3, -0.25) is 4.79 Å². The van der Waals surface area contributed by atoms with Crippen LogP contribution in [0, 0.1) is 5.82 Å². The molecule has 0 saturated heterocycles. The highest BCUT2D eigenvalue weighted by Crippen LogP contribution is 2.35. The number of aromatic nitrogens is 2. The number of amides is 1. The molecule has 0 unspecified atom stereocenters. The summed E-state index contributed by atoms with van der Waals surface area (Å²) in [4.78, 5) is 15.9. The molecular weight excluding hydrogens is 441 g/mol. The number of alkyl halides is 3. The molecular formula is C17H9Cl2F4N3O3. The van der Waals surface area contributed by atoms with Gasteiger partial charge in [0.25, 0.3) is 0 Å². The van der Waals surface area contributed by atoms with Gasteiger partial charge in [0.15, 0.2) is 5.75 Å². The van der Waals surface area contributed by atoms with Crippen LogP contribution in [0.15, 0.2) is 34.9 Å². The van der Waals surface area contributed by atoms with Gasteiger partial charge in [-0.15, -0.1) is 0 Å². The third kappa shape index (κ3) is 4.77. The predicted molar refractivity (Wildman–Crippen MR) is 94.0 cm³/mol. The zero-order chi connectivity index (χ0) is 21.3. The van der Waals surface area contributed by atoms with Crippen LogP contribution in [0.1, 0.15) is 21.8 Å². The van der Waals surface area contributed by atoms with Crippen molar-refractivity contribution >= 4 is 29.1 Å². The van der Waals surface area contributed by atoms with Gasteiger partial charge in [0, 0.05) is 12.1 Å². The van der Waals surface area contributed by atoms with Crippen molar-refractivity contribution in [2.45, 2.75) is 12.7 Å². The summed E-state index contributed by atoms with van der Waals surface area (Å²) < 4.78 is 56.4. The topological polar surface area (TPSA) is 88.2 Å². The van der Waals surface area contributed by atoms with Gasteiger partial charge >= 0.3 is 18.0 Å². The van der Waals surface area contributed by atoms with Crippen molar-refractivity contribution < 1.29 is 32.0 Å². The van der Waals surface area contributed by atoms with Crippen molar-refractivity contribution in [1.29, 1.82) is 0 Å². The molecule has 0 atom stereocenters. The Morgan fingerprint density at radius 2 is 1.79 bits per heavy atom. The van der Waals surface area contributed by atoms with E-state index in [0.29, 0.717) is 12.1 Å². The number of halogens is 6. The normalized spacial score (nSPS) is 11.5. The molecule has 0 aliphatic heterocycles. The van der Waals surface area contributed by atoms with Gasteiger partial charge in [-0.05, 0) is 35.9 Å². The molecule has 0 bridgehead atoms. The summed E-state index contributed by atoms with van der Waals surface area (Å²) >= 11 is 11.6. The number of nitrogens with zero attached hydrogens (tertiary/aromatic N) is 2. The quantitative estimate of drug-likeness (QED) is 0.556. The average molecular weight is 450 g/mol. The van der Waals surface area contributed by atoms with E-state index in [1.165, 1.54) is 12.1 Å². The summed E-state index contributed by atoms with van der Waals surface area (Å²) in [6, 6.07) is 4.50. The molecule has 1 heterocycles. The smallest absolute Gasteiger partial charge is 0.416 e. The second kappa shape index (κ2) is 7.88. The molecule has 0 saturated carbocycles. The van der Waals surface area contributed by atoms with E-state index in [9.17, 15) is 27.5 Å². The van der Waals surface area contributed by atoms with Gasteiger partial charge in [-0.1, -0.05) is 28.4 Å². The number of benzene rings is 2. The summed E-state index contributed by atoms with van der Waals surface area (Å²) in [5.74, 6) is -2.88. The summed E-state index contributed by atoms with van der Waals surface area (Å²) in [5, 5.41) is 15.2. The molecule has 2 aromatic carbocycles. The fourth-order valence-electron chi connectivity index (χ4n) is 2.30. The lowest BCUT2D eigenvalue weighted by atomic mass is 10.1. The van der Waals surface area contributed by atoms with Gasteiger partial charge in [0.05, 0.1) is 15.6 Å². The number of phenolic OH excluding ortho intramolecular Hbond substituents is 1. The molecule has 0 aliphatic rings. The maximum absolute atomic E-state index is 13.4. The van der Waals surface area contributed by atoms with E-state index in [1.54, 1.807) is 0 Å². The Labute approximate surface area is 170 Å². The minimum Gasteiger partial charge on any atom is -0.505 e. The van der Waals surface area contributed by atoms with Crippen LogP contribution in [0.2, 0.25) is 10.0 Å². The third-order valence-corrected chi connectivity index (χ3v) is 4.21. The van der Waals surface area contributed by atoms with Crippen molar-refractivity contribution in [3.05, 3.63) is 63.2 Å². The van der Waals surface area contributed by atoms with Crippen molar-refractivity contribution in [3.63, 3.8) is 0 Å². The Balaban J connectivity index is 1.74. The second-order valence-electron chi connectivity index (χ2n) is 5.74. The minimum atomic E-state index is -4.73. The number of carbonyl (C=O) groups excluding carboxylic acids is 1. The standard InChI is InChI=1S/C17H9Cl2F4N3O3/c18-11-3-8(4-12(19)13(11)27)14-25-16(29-26-14)15(28)24-6-7-1-9(17(21,22)23)5-10(20)2-7/h1-5,27H,6H2,(H,24,28). The second-order valence-corrected chi connectivity index (χ2v) is 6.55. The molecule has 6 nitrogen and oxygen atoms in total. The van der Waals surface area contributed by atoms with Gasteiger partial charge in [-0.2, -0.15) is 18.2 Å². The third-order valence-electron chi connectivity index (χ3n) is 3.63. The molecule has 0 fully saturated rings. The van der Waals surface area contributed by atoms with Gasteiger partial charge in [-0.25, -0.2) is 4.39 Å². The summed E-state index contributed by atoms with van der Waals surface area (Å²) in [6.07, 6.45) is -4.73. The van der Waals surface area contributed by atoms with Gasteiger partial charge < -0.3 is 14.9 Å². The first-order valence-electron chi connectivity index (χ1n) is 7.71. The largest absolute Gasteiger partial charge is 0.505 e. The molecule has 152 valence electrons. The van der Waals surface area contributed by atoms with Crippen LogP contribution in [-0.4, -0.2) is 21.2 Å². The highest BCUT2D eigenvalue weighted by Gasteiger charge is 2.31. The highest BCUT2D eigenvalue weighted by atomic mass is 35.5. The number of nitrogens with one attached hydrogen (secondary N) is 1. The Morgan fingerprint density at radius 3 is 2.41 bits per heavy atom. The SMILES string of the molecule is O=C(NCc1cc(F)cc(C(F)(F)F)c1)c1nc(-c2cc(Cl)c(O)c(Cl)c2)no1. The van der Waals surface area contributed by atoms with E-state index in [2.05, 4.69) is 15.5 Å². The molecule has 29 heavy (non-hydrogen) atoms. The fraction of sp³-hybridized carbons (Fsp3) is 0.118. The molecule has 3 aromatic rings. The van der Waals surface area contributed by atoms with Gasteiger partial charge in [0.2, 0.25) is 5.82 Å². The number of hydrogen-bond donors (Lipinski definition) is 2. The van der Waals surface area contributed by atoms with E-state index in [1.807, 2.05) is 0 Å². The summed E-state index contributed by atoms with van der Waals surface area (Å²) in [7, 11) is 0. The van der Waals surface area contributed by atoms with E-state index in [0.717, 1.165) is 6.07 Å². The molecule has 0 radical (unpaired) electrons. The first-order valence-corrected chi connectivity index (χ1v) is 8.47. The lowest BCUT2D eigenvalue weighted by Gasteiger charge is -2.09. The van der Waals surface area contributed by atoms with E-state index >= 15 is 0 Å². The zero-order valence-electron chi connectivity index (χ0n) is 14.0. The first-order chi connectivity index (χ1) is 13.5. The molecule has 3 rings (SSSR count). The number of carbonyl (C=O) groups is 1. The molecule has 0 aliphatic carbocycles. The van der Waals surface area contributed by atoms with Crippen LogP contribution in [0.4, 0.5) is 17.6 Å². The van der Waals surface area contributed by atoms with E-state index in [-0.39, 0.29) is 32.7 Å². The van der Waals surface area contributed by atoms with Crippen LogP contribution >= 0.6 is 23.2 Å². The van der Waals surface area contributed by atoms with Crippen molar-refractivity contribution in [2.24, 2.45) is 0 Å². The van der Waals surface area contributed by atoms with Gasteiger partial charge in [0.1, 0.15) is 5.82 Å². The van der Waals surface area contributed by atoms with Crippen molar-refractivity contribution in [2.75, 3.05) is 0 Å². The van der Waals surface area contributed by atoms with E-state index in [4.69, 9.17) is 27.7 Å². The lowest BCUT2D eigenvalue weighted by Crippen LogP contribution is -2.23. The summed E-state index contributed by atoms with van der Waals surface area (Å²) in [5.41, 5.74) is -1.04. The maximum atomic E-state index is 13.4. The summed E-state index contributed by atoms with van der Waals surface area (Å²) in [6.45, 7) is -0.408. The monoisotopic (exact) mass is 449 g/mol. The van der Waals surface area contributed by atoms with Crippen LogP contribution < -0.4 is 5.32 Å². The van der Waals surface area contributed by atoms with Crippen LogP contribution in [-0.2, 0) is 12.7 Å². The maximum Gasteiger partial charge on any atom is 0.416 e. The molecule has 1 aromatic heterocycles.